The van der Waals surface area contributed by atoms with Crippen LogP contribution in [0.4, 0.5) is 0 Å². The van der Waals surface area contributed by atoms with Crippen LogP contribution in [0.2, 0.25) is 19.1 Å². The first-order valence-electron chi connectivity index (χ1n) is 7.48. The van der Waals surface area contributed by atoms with Crippen molar-refractivity contribution in [1.29, 1.82) is 0 Å². The van der Waals surface area contributed by atoms with Gasteiger partial charge in [-0.15, -0.1) is 0 Å². The minimum Gasteiger partial charge on any atom is -0.497 e. The third kappa shape index (κ3) is 4.61. The fourth-order valence-electron chi connectivity index (χ4n) is 2.41. The third-order valence-electron chi connectivity index (χ3n) is 3.92. The highest BCUT2D eigenvalue weighted by Crippen LogP contribution is 2.15. The Hall–Kier alpha value is -1.80. The van der Waals surface area contributed by atoms with Crippen LogP contribution in [0, 0.1) is 0 Å². The number of hydrogen-bond acceptors (Lipinski definition) is 1. The molecule has 0 aliphatic heterocycles. The van der Waals surface area contributed by atoms with Gasteiger partial charge in [0.25, 0.3) is 0 Å². The number of benzene rings is 2. The SMILES string of the molecule is COc1ccc(/C=C\CC[Si](C)(C)c2ccccc2)cc1. The first kappa shape index (κ1) is 15.6. The number of hydrogen-bond donors (Lipinski definition) is 0. The molecule has 2 aromatic carbocycles. The van der Waals surface area contributed by atoms with Crippen molar-refractivity contribution in [2.45, 2.75) is 25.6 Å². The summed E-state index contributed by atoms with van der Waals surface area (Å²) in [5.41, 5.74) is 1.23. The molecule has 0 saturated carbocycles. The Morgan fingerprint density at radius 1 is 0.952 bits per heavy atom. The van der Waals surface area contributed by atoms with Crippen LogP contribution in [-0.4, -0.2) is 15.2 Å². The van der Waals surface area contributed by atoms with Crippen molar-refractivity contribution in [3.63, 3.8) is 0 Å². The monoisotopic (exact) mass is 296 g/mol. The van der Waals surface area contributed by atoms with E-state index in [1.807, 2.05) is 12.1 Å². The van der Waals surface area contributed by atoms with Crippen molar-refractivity contribution in [3.8, 4) is 5.75 Å². The molecule has 0 aliphatic carbocycles. The zero-order valence-electron chi connectivity index (χ0n) is 13.2. The van der Waals surface area contributed by atoms with Gasteiger partial charge in [0.1, 0.15) is 5.75 Å². The second-order valence-electron chi connectivity index (χ2n) is 5.96. The Kier molecular flexibility index (Phi) is 5.40. The maximum atomic E-state index is 5.17. The predicted molar refractivity (Wildman–Crippen MR) is 95.0 cm³/mol. The van der Waals surface area contributed by atoms with Crippen LogP contribution in [0.3, 0.4) is 0 Å². The molecule has 0 atom stereocenters. The van der Waals surface area contributed by atoms with Crippen LogP contribution in [0.15, 0.2) is 60.7 Å². The lowest BCUT2D eigenvalue weighted by molar-refractivity contribution is 0.415. The van der Waals surface area contributed by atoms with Crippen molar-refractivity contribution in [3.05, 3.63) is 66.2 Å². The normalized spacial score (nSPS) is 11.8. The summed E-state index contributed by atoms with van der Waals surface area (Å²) in [4.78, 5) is 0. The molecule has 0 aromatic heterocycles. The van der Waals surface area contributed by atoms with Gasteiger partial charge in [-0.3, -0.25) is 0 Å². The molecule has 0 fully saturated rings. The molecule has 0 radical (unpaired) electrons. The molecule has 1 nitrogen and oxygen atoms in total. The molecule has 2 aromatic rings. The van der Waals surface area contributed by atoms with E-state index in [1.165, 1.54) is 11.6 Å². The summed E-state index contributed by atoms with van der Waals surface area (Å²) in [6, 6.07) is 20.4. The van der Waals surface area contributed by atoms with Crippen LogP contribution >= 0.6 is 0 Å². The lowest BCUT2D eigenvalue weighted by atomic mass is 10.2. The van der Waals surface area contributed by atoms with Crippen molar-refractivity contribution in [2.24, 2.45) is 0 Å². The fraction of sp³-hybridized carbons (Fsp3) is 0.263. The second kappa shape index (κ2) is 7.28. The molecule has 21 heavy (non-hydrogen) atoms. The maximum Gasteiger partial charge on any atom is 0.118 e. The van der Waals surface area contributed by atoms with Gasteiger partial charge in [-0.05, 0) is 24.1 Å². The predicted octanol–water partition coefficient (Wildman–Crippen LogP) is 4.71. The molecule has 0 spiro atoms. The largest absolute Gasteiger partial charge is 0.497 e. The summed E-state index contributed by atoms with van der Waals surface area (Å²) in [5.74, 6) is 0.907. The molecule has 2 heteroatoms. The van der Waals surface area contributed by atoms with E-state index in [9.17, 15) is 0 Å². The summed E-state index contributed by atoms with van der Waals surface area (Å²) < 4.78 is 5.17. The van der Waals surface area contributed by atoms with Crippen molar-refractivity contribution >= 4 is 19.3 Å². The number of ether oxygens (including phenoxy) is 1. The zero-order chi connectivity index (χ0) is 15.1. The van der Waals surface area contributed by atoms with Crippen molar-refractivity contribution < 1.29 is 4.74 Å². The Labute approximate surface area is 129 Å². The zero-order valence-corrected chi connectivity index (χ0v) is 14.2. The molecule has 0 aliphatic rings. The smallest absolute Gasteiger partial charge is 0.118 e. The summed E-state index contributed by atoms with van der Waals surface area (Å²) in [6.45, 7) is 4.90. The van der Waals surface area contributed by atoms with E-state index in [4.69, 9.17) is 4.74 Å². The van der Waals surface area contributed by atoms with Gasteiger partial charge in [-0.2, -0.15) is 0 Å². The molecule has 0 N–H and O–H groups in total. The second-order valence-corrected chi connectivity index (χ2v) is 10.8. The third-order valence-corrected chi connectivity index (χ3v) is 7.35. The summed E-state index contributed by atoms with van der Waals surface area (Å²) in [5, 5.41) is 1.54. The lowest BCUT2D eigenvalue weighted by Crippen LogP contribution is -2.40. The van der Waals surface area contributed by atoms with Crippen LogP contribution in [0.5, 0.6) is 5.75 Å². The van der Waals surface area contributed by atoms with E-state index in [0.717, 1.165) is 12.2 Å². The Morgan fingerprint density at radius 3 is 2.24 bits per heavy atom. The summed E-state index contributed by atoms with van der Waals surface area (Å²) in [6.07, 6.45) is 5.63. The molecule has 0 bridgehead atoms. The van der Waals surface area contributed by atoms with Gasteiger partial charge in [0.05, 0.1) is 15.2 Å². The van der Waals surface area contributed by atoms with Crippen LogP contribution in [0.25, 0.3) is 6.08 Å². The van der Waals surface area contributed by atoms with Crippen LogP contribution in [-0.2, 0) is 0 Å². The fourth-order valence-corrected chi connectivity index (χ4v) is 4.68. The lowest BCUT2D eigenvalue weighted by Gasteiger charge is -2.22. The van der Waals surface area contributed by atoms with E-state index in [1.54, 1.807) is 12.3 Å². The average Bonchev–Trinajstić information content (AvgIpc) is 2.53. The highest BCUT2D eigenvalue weighted by molar-refractivity contribution is 6.89. The molecule has 0 heterocycles. The van der Waals surface area contributed by atoms with Crippen LogP contribution in [0.1, 0.15) is 12.0 Å². The summed E-state index contributed by atoms with van der Waals surface area (Å²) in [7, 11) is 0.392. The summed E-state index contributed by atoms with van der Waals surface area (Å²) >= 11 is 0. The van der Waals surface area contributed by atoms with E-state index < -0.39 is 8.07 Å². The van der Waals surface area contributed by atoms with Gasteiger partial charge < -0.3 is 4.74 Å². The highest BCUT2D eigenvalue weighted by atomic mass is 28.3. The van der Waals surface area contributed by atoms with E-state index in [0.29, 0.717) is 0 Å². The molecule has 0 amide bonds. The Balaban J connectivity index is 1.89. The molecule has 0 saturated heterocycles. The quantitative estimate of drug-likeness (QED) is 0.701. The number of rotatable bonds is 6. The maximum absolute atomic E-state index is 5.17. The minimum absolute atomic E-state index is 0.907. The molecular weight excluding hydrogens is 272 g/mol. The Bertz CT molecular complexity index is 570. The number of methoxy groups -OCH3 is 1. The standard InChI is InChI=1S/C19H24OSi/c1-20-18-14-12-17(13-15-18)9-7-8-16-21(2,3)19-10-5-4-6-11-19/h4-7,9-15H,8,16H2,1-3H3/b9-7-. The van der Waals surface area contributed by atoms with Gasteiger partial charge in [0.15, 0.2) is 0 Å². The first-order chi connectivity index (χ1) is 10.1. The molecule has 110 valence electrons. The van der Waals surface area contributed by atoms with Gasteiger partial charge in [-0.1, -0.05) is 78.9 Å². The molecule has 0 unspecified atom stereocenters. The van der Waals surface area contributed by atoms with Crippen LogP contribution < -0.4 is 9.92 Å². The van der Waals surface area contributed by atoms with Gasteiger partial charge in [0, 0.05) is 0 Å². The number of allylic oxidation sites excluding steroid dienone is 1. The van der Waals surface area contributed by atoms with E-state index >= 15 is 0 Å². The minimum atomic E-state index is -1.30. The van der Waals surface area contributed by atoms with E-state index in [2.05, 4.69) is 67.7 Å². The van der Waals surface area contributed by atoms with Gasteiger partial charge in [-0.25, -0.2) is 0 Å². The molecule has 2 rings (SSSR count). The average molecular weight is 296 g/mol. The van der Waals surface area contributed by atoms with Crippen molar-refractivity contribution in [2.75, 3.05) is 7.11 Å². The first-order valence-corrected chi connectivity index (χ1v) is 10.7. The highest BCUT2D eigenvalue weighted by Gasteiger charge is 2.21. The van der Waals surface area contributed by atoms with Crippen molar-refractivity contribution in [1.82, 2.24) is 0 Å². The Morgan fingerprint density at radius 2 is 1.62 bits per heavy atom. The topological polar surface area (TPSA) is 9.23 Å². The van der Waals surface area contributed by atoms with Gasteiger partial charge in [0.2, 0.25) is 0 Å². The van der Waals surface area contributed by atoms with Gasteiger partial charge >= 0.3 is 0 Å². The van der Waals surface area contributed by atoms with E-state index in [-0.39, 0.29) is 0 Å². The molecular formula is C19H24OSi.